The summed E-state index contributed by atoms with van der Waals surface area (Å²) in [5, 5.41) is 21.0. The molecule has 1 amide bonds. The molecule has 118 valence electrons. The van der Waals surface area contributed by atoms with Crippen molar-refractivity contribution in [2.75, 3.05) is 5.32 Å². The van der Waals surface area contributed by atoms with Gasteiger partial charge in [-0.1, -0.05) is 36.4 Å². The highest BCUT2D eigenvalue weighted by Gasteiger charge is 2.14. The molecule has 3 rings (SSSR count). The van der Waals surface area contributed by atoms with E-state index in [0.717, 1.165) is 5.56 Å². The summed E-state index contributed by atoms with van der Waals surface area (Å²) in [5.41, 5.74) is 3.55. The van der Waals surface area contributed by atoms with Gasteiger partial charge in [0.05, 0.1) is 23.3 Å². The van der Waals surface area contributed by atoms with E-state index in [2.05, 4.69) is 11.4 Å². The van der Waals surface area contributed by atoms with Crippen LogP contribution in [0.2, 0.25) is 0 Å². The highest BCUT2D eigenvalue weighted by atomic mass is 16.1. The average Bonchev–Trinajstić information content (AvgIpc) is 2.68. The summed E-state index contributed by atoms with van der Waals surface area (Å²) in [6.45, 7) is 0. The van der Waals surface area contributed by atoms with Crippen molar-refractivity contribution in [3.8, 4) is 23.3 Å². The van der Waals surface area contributed by atoms with Crippen molar-refractivity contribution in [3.63, 3.8) is 0 Å². The minimum Gasteiger partial charge on any atom is -0.322 e. The lowest BCUT2D eigenvalue weighted by molar-refractivity contribution is 0.102. The summed E-state index contributed by atoms with van der Waals surface area (Å²) in [7, 11) is 0. The van der Waals surface area contributed by atoms with Crippen LogP contribution in [-0.2, 0) is 0 Å². The summed E-state index contributed by atoms with van der Waals surface area (Å²) >= 11 is 0. The Bertz CT molecular complexity index is 1010. The first-order chi connectivity index (χ1) is 12.2. The number of amides is 1. The predicted molar refractivity (Wildman–Crippen MR) is 95.7 cm³/mol. The number of nitriles is 2. The lowest BCUT2D eigenvalue weighted by Crippen LogP contribution is -2.13. The minimum absolute atomic E-state index is 0.270. The van der Waals surface area contributed by atoms with Crippen LogP contribution in [0.25, 0.3) is 11.1 Å². The highest BCUT2D eigenvalue weighted by Crippen LogP contribution is 2.27. The van der Waals surface area contributed by atoms with Crippen molar-refractivity contribution in [1.82, 2.24) is 0 Å². The Balaban J connectivity index is 1.96. The molecule has 0 unspecified atom stereocenters. The monoisotopic (exact) mass is 323 g/mol. The van der Waals surface area contributed by atoms with E-state index >= 15 is 0 Å². The molecular weight excluding hydrogens is 310 g/mol. The molecule has 0 atom stereocenters. The van der Waals surface area contributed by atoms with E-state index in [1.165, 1.54) is 0 Å². The first-order valence-electron chi connectivity index (χ1n) is 7.63. The van der Waals surface area contributed by atoms with Crippen LogP contribution in [0.5, 0.6) is 0 Å². The molecular formula is C21H13N3O. The molecule has 0 saturated carbocycles. The first kappa shape index (κ1) is 16.0. The molecule has 0 fully saturated rings. The Labute approximate surface area is 145 Å². The van der Waals surface area contributed by atoms with Crippen molar-refractivity contribution in [1.29, 1.82) is 10.5 Å². The Morgan fingerprint density at radius 2 is 1.40 bits per heavy atom. The van der Waals surface area contributed by atoms with Gasteiger partial charge in [-0.15, -0.1) is 0 Å². The van der Waals surface area contributed by atoms with Gasteiger partial charge in [0.15, 0.2) is 0 Å². The highest BCUT2D eigenvalue weighted by molar-refractivity contribution is 6.09. The van der Waals surface area contributed by atoms with Gasteiger partial charge in [-0.2, -0.15) is 10.5 Å². The Morgan fingerprint density at radius 3 is 2.08 bits per heavy atom. The van der Waals surface area contributed by atoms with Crippen LogP contribution in [-0.4, -0.2) is 5.91 Å². The third-order valence-corrected chi connectivity index (χ3v) is 3.78. The Hall–Kier alpha value is -3.89. The maximum absolute atomic E-state index is 12.7. The predicted octanol–water partition coefficient (Wildman–Crippen LogP) is 4.35. The molecule has 0 aliphatic rings. The molecule has 0 aliphatic heterocycles. The van der Waals surface area contributed by atoms with Gasteiger partial charge in [0.2, 0.25) is 0 Å². The quantitative estimate of drug-likeness (QED) is 0.778. The standard InChI is InChI=1S/C21H13N3O/c22-13-15-9-11-17(12-10-15)24-21(25)20-8-4-3-7-19(20)18-6-2-1-5-16(18)14-23/h1-12H,(H,24,25). The van der Waals surface area contributed by atoms with Crippen molar-refractivity contribution >= 4 is 11.6 Å². The van der Waals surface area contributed by atoms with Crippen LogP contribution < -0.4 is 5.32 Å². The van der Waals surface area contributed by atoms with Crippen LogP contribution in [0, 0.1) is 22.7 Å². The molecule has 0 radical (unpaired) electrons. The van der Waals surface area contributed by atoms with Crippen molar-refractivity contribution in [2.45, 2.75) is 0 Å². The largest absolute Gasteiger partial charge is 0.322 e. The summed E-state index contributed by atoms with van der Waals surface area (Å²) in [5.74, 6) is -0.270. The van der Waals surface area contributed by atoms with Crippen LogP contribution in [0.1, 0.15) is 21.5 Å². The lowest BCUT2D eigenvalue weighted by Gasteiger charge is -2.11. The summed E-state index contributed by atoms with van der Waals surface area (Å²) in [6, 6.07) is 25.2. The van der Waals surface area contributed by atoms with E-state index in [9.17, 15) is 10.1 Å². The molecule has 4 nitrogen and oxygen atoms in total. The number of anilines is 1. The summed E-state index contributed by atoms with van der Waals surface area (Å²) in [6.07, 6.45) is 0. The van der Waals surface area contributed by atoms with Gasteiger partial charge >= 0.3 is 0 Å². The number of carbonyl (C=O) groups excluding carboxylic acids is 1. The Kier molecular flexibility index (Phi) is 4.55. The molecule has 0 spiro atoms. The lowest BCUT2D eigenvalue weighted by atomic mass is 9.95. The maximum atomic E-state index is 12.7. The average molecular weight is 323 g/mol. The number of benzene rings is 3. The van der Waals surface area contributed by atoms with E-state index in [1.54, 1.807) is 48.5 Å². The number of carbonyl (C=O) groups is 1. The third kappa shape index (κ3) is 3.39. The number of hydrogen-bond donors (Lipinski definition) is 1. The first-order valence-corrected chi connectivity index (χ1v) is 7.63. The summed E-state index contributed by atoms with van der Waals surface area (Å²) < 4.78 is 0. The second-order valence-electron chi connectivity index (χ2n) is 5.35. The van der Waals surface area contributed by atoms with Crippen LogP contribution in [0.3, 0.4) is 0 Å². The number of rotatable bonds is 3. The van der Waals surface area contributed by atoms with Crippen molar-refractivity contribution in [3.05, 3.63) is 89.5 Å². The fourth-order valence-corrected chi connectivity index (χ4v) is 2.56. The van der Waals surface area contributed by atoms with Gasteiger partial charge in [-0.05, 0) is 42.0 Å². The molecule has 1 N–H and O–H groups in total. The van der Waals surface area contributed by atoms with E-state index in [4.69, 9.17) is 5.26 Å². The molecule has 0 saturated heterocycles. The van der Waals surface area contributed by atoms with Gasteiger partial charge < -0.3 is 5.32 Å². The third-order valence-electron chi connectivity index (χ3n) is 3.78. The molecule has 3 aromatic carbocycles. The van der Waals surface area contributed by atoms with E-state index in [0.29, 0.717) is 27.9 Å². The molecule has 0 heterocycles. The van der Waals surface area contributed by atoms with E-state index < -0.39 is 0 Å². The smallest absolute Gasteiger partial charge is 0.256 e. The van der Waals surface area contributed by atoms with Gasteiger partial charge in [0.25, 0.3) is 5.91 Å². The number of hydrogen-bond acceptors (Lipinski definition) is 3. The Morgan fingerprint density at radius 1 is 0.760 bits per heavy atom. The van der Waals surface area contributed by atoms with Gasteiger partial charge in [0, 0.05) is 16.8 Å². The minimum atomic E-state index is -0.270. The molecule has 0 aromatic heterocycles. The normalized spacial score (nSPS) is 9.68. The number of nitrogens with zero attached hydrogens (tertiary/aromatic N) is 2. The van der Waals surface area contributed by atoms with Crippen molar-refractivity contribution in [2.24, 2.45) is 0 Å². The molecule has 0 aliphatic carbocycles. The fraction of sp³-hybridized carbons (Fsp3) is 0. The second kappa shape index (κ2) is 7.12. The topological polar surface area (TPSA) is 76.7 Å². The van der Waals surface area contributed by atoms with Gasteiger partial charge in [-0.3, -0.25) is 4.79 Å². The zero-order valence-corrected chi connectivity index (χ0v) is 13.2. The summed E-state index contributed by atoms with van der Waals surface area (Å²) in [4.78, 5) is 12.7. The van der Waals surface area contributed by atoms with E-state index in [-0.39, 0.29) is 5.91 Å². The second-order valence-corrected chi connectivity index (χ2v) is 5.35. The maximum Gasteiger partial charge on any atom is 0.256 e. The SMILES string of the molecule is N#Cc1ccc(NC(=O)c2ccccc2-c2ccccc2C#N)cc1. The molecule has 3 aromatic rings. The van der Waals surface area contributed by atoms with E-state index in [1.807, 2.05) is 30.3 Å². The van der Waals surface area contributed by atoms with Gasteiger partial charge in [0.1, 0.15) is 0 Å². The molecule has 0 bridgehead atoms. The zero-order valence-electron chi connectivity index (χ0n) is 13.2. The molecule has 25 heavy (non-hydrogen) atoms. The van der Waals surface area contributed by atoms with Crippen LogP contribution in [0.15, 0.2) is 72.8 Å². The molecule has 4 heteroatoms. The van der Waals surface area contributed by atoms with Gasteiger partial charge in [-0.25, -0.2) is 0 Å². The number of nitrogens with one attached hydrogen (secondary N) is 1. The van der Waals surface area contributed by atoms with Crippen molar-refractivity contribution < 1.29 is 4.79 Å². The van der Waals surface area contributed by atoms with Crippen LogP contribution in [0.4, 0.5) is 5.69 Å². The fourth-order valence-electron chi connectivity index (χ4n) is 2.56. The van der Waals surface area contributed by atoms with Crippen LogP contribution >= 0.6 is 0 Å². The zero-order chi connectivity index (χ0) is 17.6.